The van der Waals surface area contributed by atoms with Gasteiger partial charge in [0, 0.05) is 29.5 Å². The van der Waals surface area contributed by atoms with E-state index in [2.05, 4.69) is 31.2 Å². The van der Waals surface area contributed by atoms with Gasteiger partial charge in [-0.1, -0.05) is 15.9 Å². The number of halogens is 3. The molecule has 2 aromatic heterocycles. The van der Waals surface area contributed by atoms with Gasteiger partial charge >= 0.3 is 0 Å². The van der Waals surface area contributed by atoms with Gasteiger partial charge in [0.05, 0.1) is 28.4 Å². The Bertz CT molecular complexity index is 1030. The number of rotatable bonds is 5. The fourth-order valence-electron chi connectivity index (χ4n) is 2.61. The number of nitrogens with zero attached hydrogens (tertiary/aromatic N) is 2. The Labute approximate surface area is 166 Å². The van der Waals surface area contributed by atoms with E-state index < -0.39 is 22.4 Å². The number of benzene rings is 1. The van der Waals surface area contributed by atoms with Gasteiger partial charge in [-0.25, -0.2) is 13.8 Å². The highest BCUT2D eigenvalue weighted by Crippen LogP contribution is 2.27. The first-order chi connectivity index (χ1) is 12.9. The molecule has 0 aliphatic carbocycles. The first-order valence-corrected chi connectivity index (χ1v) is 10.3. The summed E-state index contributed by atoms with van der Waals surface area (Å²) in [5.41, 5.74) is 2.92. The van der Waals surface area contributed by atoms with Crippen molar-refractivity contribution < 1.29 is 13.0 Å². The number of hydrogen-bond donors (Lipinski definition) is 1. The van der Waals surface area contributed by atoms with Crippen LogP contribution in [0.1, 0.15) is 16.7 Å². The van der Waals surface area contributed by atoms with E-state index in [4.69, 9.17) is 0 Å². The molecule has 0 bridgehead atoms. The molecular formula is C19H16BrF2N3OS. The van der Waals surface area contributed by atoms with Gasteiger partial charge in [-0.05, 0) is 47.9 Å². The van der Waals surface area contributed by atoms with Crippen LogP contribution < -0.4 is 5.32 Å². The van der Waals surface area contributed by atoms with Crippen LogP contribution in [0.5, 0.6) is 0 Å². The minimum Gasteiger partial charge on any atom is -0.352 e. The van der Waals surface area contributed by atoms with Crippen LogP contribution in [0.4, 0.5) is 20.2 Å². The van der Waals surface area contributed by atoms with Gasteiger partial charge < -0.3 is 5.32 Å². The van der Waals surface area contributed by atoms with Crippen LogP contribution in [0.25, 0.3) is 0 Å². The zero-order valence-electron chi connectivity index (χ0n) is 14.6. The molecule has 0 radical (unpaired) electrons. The quantitative estimate of drug-likeness (QED) is 0.599. The number of aromatic nitrogens is 2. The van der Waals surface area contributed by atoms with Crippen molar-refractivity contribution in [2.24, 2.45) is 0 Å². The Balaban J connectivity index is 1.92. The minimum atomic E-state index is -1.51. The van der Waals surface area contributed by atoms with Gasteiger partial charge in [-0.2, -0.15) is 0 Å². The fraction of sp³-hybridized carbons (Fsp3) is 0.158. The van der Waals surface area contributed by atoms with Gasteiger partial charge in [0.2, 0.25) is 0 Å². The maximum Gasteiger partial charge on any atom is 0.162 e. The number of hydrogen-bond acceptors (Lipinski definition) is 4. The van der Waals surface area contributed by atoms with E-state index in [1.807, 2.05) is 6.92 Å². The van der Waals surface area contributed by atoms with Crippen molar-refractivity contribution >= 4 is 38.1 Å². The van der Waals surface area contributed by atoms with Crippen LogP contribution in [0.2, 0.25) is 0 Å². The van der Waals surface area contributed by atoms with Crippen LogP contribution in [-0.4, -0.2) is 20.4 Å². The first-order valence-electron chi connectivity index (χ1n) is 7.99. The predicted octanol–water partition coefficient (Wildman–Crippen LogP) is 4.90. The first kappa shape index (κ1) is 19.6. The summed E-state index contributed by atoms with van der Waals surface area (Å²) in [5, 5.41) is 2.96. The van der Waals surface area contributed by atoms with E-state index >= 15 is 0 Å². The molecule has 1 N–H and O–H groups in total. The third-order valence-corrected chi connectivity index (χ3v) is 5.43. The van der Waals surface area contributed by atoms with E-state index in [1.54, 1.807) is 30.6 Å². The summed E-state index contributed by atoms with van der Waals surface area (Å²) < 4.78 is 40.9. The van der Waals surface area contributed by atoms with E-state index in [-0.39, 0.29) is 11.4 Å². The Hall–Kier alpha value is -2.19. The molecule has 3 rings (SSSR count). The molecule has 1 aromatic carbocycles. The maximum atomic E-state index is 14.5. The monoisotopic (exact) mass is 451 g/mol. The van der Waals surface area contributed by atoms with Gasteiger partial charge in [-0.3, -0.25) is 9.19 Å². The molecule has 0 saturated carbocycles. The van der Waals surface area contributed by atoms with Crippen molar-refractivity contribution in [3.05, 3.63) is 75.7 Å². The number of nitrogens with one attached hydrogen (secondary N) is 1. The summed E-state index contributed by atoms with van der Waals surface area (Å²) in [7, 11) is -1.51. The van der Waals surface area contributed by atoms with Crippen molar-refractivity contribution in [2.45, 2.75) is 18.4 Å². The van der Waals surface area contributed by atoms with Crippen molar-refractivity contribution in [1.82, 2.24) is 9.97 Å². The third kappa shape index (κ3) is 4.39. The second-order valence-corrected chi connectivity index (χ2v) is 8.15. The smallest absolute Gasteiger partial charge is 0.162 e. The topological polar surface area (TPSA) is 54.9 Å². The summed E-state index contributed by atoms with van der Waals surface area (Å²) >= 11 is 3.23. The molecule has 8 heteroatoms. The highest BCUT2D eigenvalue weighted by Gasteiger charge is 2.15. The summed E-state index contributed by atoms with van der Waals surface area (Å²) in [6, 6.07) is 6.28. The molecule has 0 spiro atoms. The van der Waals surface area contributed by atoms with E-state index in [9.17, 15) is 13.0 Å². The van der Waals surface area contributed by atoms with Crippen molar-refractivity contribution in [3.63, 3.8) is 0 Å². The summed E-state index contributed by atoms with van der Waals surface area (Å²) in [5.74, 6) is -0.973. The second-order valence-electron chi connectivity index (χ2n) is 5.94. The lowest BCUT2D eigenvalue weighted by molar-refractivity contribution is 0.568. The van der Waals surface area contributed by atoms with Crippen LogP contribution in [0, 0.1) is 18.6 Å². The van der Waals surface area contributed by atoms with Gasteiger partial charge in [0.15, 0.2) is 10.8 Å². The highest BCUT2D eigenvalue weighted by molar-refractivity contribution is 9.10. The lowest BCUT2D eigenvalue weighted by Gasteiger charge is -2.14. The Morgan fingerprint density at radius 2 is 1.93 bits per heavy atom. The molecular weight excluding hydrogens is 436 g/mol. The molecule has 2 heterocycles. The maximum absolute atomic E-state index is 14.5. The highest BCUT2D eigenvalue weighted by atomic mass is 79.9. The molecule has 0 aliphatic rings. The van der Waals surface area contributed by atoms with Crippen LogP contribution in [0.3, 0.4) is 0 Å². The zero-order valence-corrected chi connectivity index (χ0v) is 17.0. The SMILES string of the molecule is Cc1c(Cc2ccnc(S(C)=O)c2F)cncc1Nc1ccc(Br)cc1F. The average Bonchev–Trinajstić information content (AvgIpc) is 2.62. The van der Waals surface area contributed by atoms with Crippen LogP contribution >= 0.6 is 15.9 Å². The molecule has 140 valence electrons. The van der Waals surface area contributed by atoms with Gasteiger partial charge in [-0.15, -0.1) is 0 Å². The molecule has 0 amide bonds. The molecule has 1 unspecified atom stereocenters. The lowest BCUT2D eigenvalue weighted by Crippen LogP contribution is -2.05. The van der Waals surface area contributed by atoms with E-state index in [0.717, 1.165) is 11.1 Å². The van der Waals surface area contributed by atoms with Gasteiger partial charge in [0.25, 0.3) is 0 Å². The number of pyridine rings is 2. The lowest BCUT2D eigenvalue weighted by atomic mass is 10.0. The minimum absolute atomic E-state index is 0.0654. The van der Waals surface area contributed by atoms with Crippen molar-refractivity contribution in [3.8, 4) is 0 Å². The summed E-state index contributed by atoms with van der Waals surface area (Å²) in [6.07, 6.45) is 6.32. The molecule has 27 heavy (non-hydrogen) atoms. The normalized spacial score (nSPS) is 12.0. The largest absolute Gasteiger partial charge is 0.352 e. The van der Waals surface area contributed by atoms with E-state index in [0.29, 0.717) is 21.4 Å². The summed E-state index contributed by atoms with van der Waals surface area (Å²) in [6.45, 7) is 1.86. The Morgan fingerprint density at radius 1 is 1.15 bits per heavy atom. The predicted molar refractivity (Wildman–Crippen MR) is 106 cm³/mol. The van der Waals surface area contributed by atoms with Crippen LogP contribution in [0.15, 0.2) is 52.4 Å². The fourth-order valence-corrected chi connectivity index (χ4v) is 3.54. The summed E-state index contributed by atoms with van der Waals surface area (Å²) in [4.78, 5) is 8.02. The molecule has 0 aliphatic heterocycles. The molecule has 0 saturated heterocycles. The standard InChI is InChI=1S/C19H16BrF2N3OS/c1-11-13(7-12-5-6-24-19(18(12)22)27(2)26)9-23-10-17(11)25-16-4-3-14(20)8-15(16)21/h3-6,8-10,25H,7H2,1-2H3. The number of anilines is 2. The molecule has 1 atom stereocenters. The average molecular weight is 452 g/mol. The molecule has 4 nitrogen and oxygen atoms in total. The van der Waals surface area contributed by atoms with E-state index in [1.165, 1.54) is 18.5 Å². The second kappa shape index (κ2) is 8.22. The van der Waals surface area contributed by atoms with Crippen molar-refractivity contribution in [1.29, 1.82) is 0 Å². The Kier molecular flexibility index (Phi) is 5.96. The Morgan fingerprint density at radius 3 is 2.63 bits per heavy atom. The molecule has 3 aromatic rings. The third-order valence-electron chi connectivity index (χ3n) is 4.11. The van der Waals surface area contributed by atoms with Gasteiger partial charge in [0.1, 0.15) is 5.82 Å². The molecule has 0 fully saturated rings. The zero-order chi connectivity index (χ0) is 19.6. The van der Waals surface area contributed by atoms with Crippen LogP contribution in [-0.2, 0) is 17.2 Å². The van der Waals surface area contributed by atoms with Crippen molar-refractivity contribution in [2.75, 3.05) is 11.6 Å².